The van der Waals surface area contributed by atoms with E-state index in [2.05, 4.69) is 10.6 Å². The molecule has 1 aliphatic rings. The predicted octanol–water partition coefficient (Wildman–Crippen LogP) is -0.601. The number of rotatable bonds is 15. The van der Waals surface area contributed by atoms with Gasteiger partial charge in [-0.3, -0.25) is 19.2 Å². The number of nitrogens with one attached hydrogen (secondary N) is 2. The van der Waals surface area contributed by atoms with Crippen molar-refractivity contribution in [2.75, 3.05) is 13.1 Å². The van der Waals surface area contributed by atoms with Gasteiger partial charge in [-0.05, 0) is 51.0 Å². The number of carboxylic acid groups (broad SMARTS) is 2. The van der Waals surface area contributed by atoms with Crippen LogP contribution in [0.5, 0.6) is 0 Å². The molecule has 1 aliphatic heterocycles. The molecule has 1 fully saturated rings. The summed E-state index contributed by atoms with van der Waals surface area (Å²) in [7, 11) is 0. The van der Waals surface area contributed by atoms with Crippen molar-refractivity contribution in [3.05, 3.63) is 0 Å². The van der Waals surface area contributed by atoms with Crippen LogP contribution in [0, 0.1) is 5.92 Å². The van der Waals surface area contributed by atoms with Crippen molar-refractivity contribution in [1.82, 2.24) is 15.5 Å². The lowest BCUT2D eigenvalue weighted by Crippen LogP contribution is -2.57. The van der Waals surface area contributed by atoms with Crippen LogP contribution in [0.4, 0.5) is 0 Å². The van der Waals surface area contributed by atoms with Gasteiger partial charge in [0.2, 0.25) is 17.7 Å². The van der Waals surface area contributed by atoms with E-state index in [4.69, 9.17) is 16.6 Å². The Morgan fingerprint density at radius 2 is 1.65 bits per heavy atom. The number of hydrogen-bond donors (Lipinski definition) is 6. The summed E-state index contributed by atoms with van der Waals surface area (Å²) in [4.78, 5) is 62.4. The Balaban J connectivity index is 2.96. The first-order valence-corrected chi connectivity index (χ1v) is 11.8. The lowest BCUT2D eigenvalue weighted by molar-refractivity contribution is -0.150. The SMILES string of the molecule is CC(C)CC(NC(=O)C(N)CCCCN)C(=O)NC(CCC(=O)O)C(=O)N1CCCC1C(=O)O. The van der Waals surface area contributed by atoms with E-state index in [1.807, 2.05) is 13.8 Å². The molecule has 0 radical (unpaired) electrons. The molecule has 0 bridgehead atoms. The molecular weight excluding hydrogens is 446 g/mol. The highest BCUT2D eigenvalue weighted by atomic mass is 16.4. The second-order valence-electron chi connectivity index (χ2n) is 9.10. The molecule has 0 saturated carbocycles. The number of aliphatic carboxylic acids is 2. The summed E-state index contributed by atoms with van der Waals surface area (Å²) >= 11 is 0. The van der Waals surface area contributed by atoms with Crippen LogP contribution in [0.3, 0.4) is 0 Å². The molecule has 0 spiro atoms. The minimum atomic E-state index is -1.23. The van der Waals surface area contributed by atoms with E-state index in [1.165, 1.54) is 4.90 Å². The molecule has 194 valence electrons. The zero-order valence-electron chi connectivity index (χ0n) is 20.0. The van der Waals surface area contributed by atoms with E-state index in [9.17, 15) is 29.1 Å². The number of nitrogens with two attached hydrogens (primary N) is 2. The van der Waals surface area contributed by atoms with Crippen LogP contribution in [-0.2, 0) is 24.0 Å². The molecule has 12 nitrogen and oxygen atoms in total. The minimum absolute atomic E-state index is 0.0210. The van der Waals surface area contributed by atoms with Gasteiger partial charge in [-0.15, -0.1) is 0 Å². The third-order valence-electron chi connectivity index (χ3n) is 5.73. The normalized spacial score (nSPS) is 18.3. The topological polar surface area (TPSA) is 205 Å². The molecule has 1 heterocycles. The number of nitrogens with zero attached hydrogens (tertiary/aromatic N) is 1. The zero-order chi connectivity index (χ0) is 25.8. The summed E-state index contributed by atoms with van der Waals surface area (Å²) in [6, 6.07) is -4.05. The number of amides is 3. The predicted molar refractivity (Wildman–Crippen MR) is 123 cm³/mol. The summed E-state index contributed by atoms with van der Waals surface area (Å²) in [5.41, 5.74) is 11.4. The lowest BCUT2D eigenvalue weighted by Gasteiger charge is -2.29. The maximum absolute atomic E-state index is 13.1. The monoisotopic (exact) mass is 485 g/mol. The molecule has 34 heavy (non-hydrogen) atoms. The minimum Gasteiger partial charge on any atom is -0.481 e. The molecule has 0 aromatic heterocycles. The molecular formula is C22H39N5O7. The summed E-state index contributed by atoms with van der Waals surface area (Å²) in [5, 5.41) is 23.6. The average Bonchev–Trinajstić information content (AvgIpc) is 3.25. The van der Waals surface area contributed by atoms with Crippen LogP contribution in [0.25, 0.3) is 0 Å². The van der Waals surface area contributed by atoms with Gasteiger partial charge in [0.05, 0.1) is 6.04 Å². The van der Waals surface area contributed by atoms with Crippen LogP contribution in [0.15, 0.2) is 0 Å². The maximum atomic E-state index is 13.1. The molecule has 0 aromatic rings. The standard InChI is InChI=1S/C22H39N5O7/c1-13(2)12-16(26-19(30)14(24)6-3-4-10-23)20(31)25-15(8-9-18(28)29)21(32)27-11-5-7-17(27)22(33)34/h13-17H,3-12,23-24H2,1-2H3,(H,25,31)(H,26,30)(H,28,29)(H,33,34). The molecule has 12 heteroatoms. The van der Waals surface area contributed by atoms with Gasteiger partial charge in [0.15, 0.2) is 0 Å². The van der Waals surface area contributed by atoms with Gasteiger partial charge >= 0.3 is 11.9 Å². The van der Waals surface area contributed by atoms with Crippen molar-refractivity contribution < 1.29 is 34.2 Å². The van der Waals surface area contributed by atoms with E-state index in [0.717, 1.165) is 6.42 Å². The van der Waals surface area contributed by atoms with Crippen LogP contribution in [-0.4, -0.2) is 82.0 Å². The van der Waals surface area contributed by atoms with Crippen molar-refractivity contribution in [3.8, 4) is 0 Å². The smallest absolute Gasteiger partial charge is 0.326 e. The van der Waals surface area contributed by atoms with Gasteiger partial charge in [-0.1, -0.05) is 20.3 Å². The van der Waals surface area contributed by atoms with E-state index in [1.54, 1.807) is 0 Å². The molecule has 4 atom stereocenters. The van der Waals surface area contributed by atoms with Gasteiger partial charge in [0, 0.05) is 13.0 Å². The fourth-order valence-corrected chi connectivity index (χ4v) is 3.91. The van der Waals surface area contributed by atoms with Crippen LogP contribution < -0.4 is 22.1 Å². The van der Waals surface area contributed by atoms with E-state index < -0.39 is 60.2 Å². The van der Waals surface area contributed by atoms with Gasteiger partial charge in [-0.25, -0.2) is 4.79 Å². The molecule has 1 rings (SSSR count). The highest BCUT2D eigenvalue weighted by Crippen LogP contribution is 2.20. The Bertz CT molecular complexity index is 730. The first-order chi connectivity index (χ1) is 16.0. The van der Waals surface area contributed by atoms with Gasteiger partial charge in [0.1, 0.15) is 18.1 Å². The van der Waals surface area contributed by atoms with Crippen molar-refractivity contribution >= 4 is 29.7 Å². The summed E-state index contributed by atoms with van der Waals surface area (Å²) in [6.45, 7) is 4.42. The Kier molecular flexibility index (Phi) is 12.5. The van der Waals surface area contributed by atoms with Crippen LogP contribution in [0.1, 0.15) is 65.2 Å². The largest absolute Gasteiger partial charge is 0.481 e. The van der Waals surface area contributed by atoms with E-state index >= 15 is 0 Å². The lowest BCUT2D eigenvalue weighted by atomic mass is 10.0. The number of carboxylic acids is 2. The van der Waals surface area contributed by atoms with Gasteiger partial charge < -0.3 is 37.2 Å². The van der Waals surface area contributed by atoms with Crippen molar-refractivity contribution in [2.24, 2.45) is 17.4 Å². The highest BCUT2D eigenvalue weighted by Gasteiger charge is 2.38. The number of hydrogen-bond acceptors (Lipinski definition) is 7. The number of carbonyl (C=O) groups is 5. The van der Waals surface area contributed by atoms with Crippen LogP contribution >= 0.6 is 0 Å². The highest BCUT2D eigenvalue weighted by molar-refractivity contribution is 5.94. The summed E-state index contributed by atoms with van der Waals surface area (Å²) < 4.78 is 0. The molecule has 1 saturated heterocycles. The van der Waals surface area contributed by atoms with E-state index in [-0.39, 0.29) is 31.7 Å². The Hall–Kier alpha value is -2.73. The molecule has 3 amide bonds. The quantitative estimate of drug-likeness (QED) is 0.163. The number of likely N-dealkylation sites (tertiary alicyclic amines) is 1. The summed E-state index contributed by atoms with van der Waals surface area (Å²) in [5.74, 6) is -4.08. The molecule has 0 aromatic carbocycles. The summed E-state index contributed by atoms with van der Waals surface area (Å²) in [6.07, 6.45) is 2.25. The maximum Gasteiger partial charge on any atom is 0.326 e. The Labute approximate surface area is 199 Å². The number of carbonyl (C=O) groups excluding carboxylic acids is 3. The third-order valence-corrected chi connectivity index (χ3v) is 5.73. The second kappa shape index (κ2) is 14.5. The van der Waals surface area contributed by atoms with E-state index in [0.29, 0.717) is 25.8 Å². The Morgan fingerprint density at radius 3 is 2.21 bits per heavy atom. The van der Waals surface area contributed by atoms with Crippen LogP contribution in [0.2, 0.25) is 0 Å². The van der Waals surface area contributed by atoms with Crippen molar-refractivity contribution in [1.29, 1.82) is 0 Å². The fraction of sp³-hybridized carbons (Fsp3) is 0.773. The Morgan fingerprint density at radius 1 is 1.00 bits per heavy atom. The first-order valence-electron chi connectivity index (χ1n) is 11.8. The number of unbranched alkanes of at least 4 members (excludes halogenated alkanes) is 1. The van der Waals surface area contributed by atoms with Gasteiger partial charge in [0.25, 0.3) is 0 Å². The second-order valence-corrected chi connectivity index (χ2v) is 9.10. The van der Waals surface area contributed by atoms with Crippen molar-refractivity contribution in [3.63, 3.8) is 0 Å². The molecule has 8 N–H and O–H groups in total. The average molecular weight is 486 g/mol. The first kappa shape index (κ1) is 29.3. The van der Waals surface area contributed by atoms with Crippen molar-refractivity contribution in [2.45, 2.75) is 89.4 Å². The van der Waals surface area contributed by atoms with Gasteiger partial charge in [-0.2, -0.15) is 0 Å². The third kappa shape index (κ3) is 9.64. The molecule has 4 unspecified atom stereocenters. The molecule has 0 aliphatic carbocycles. The zero-order valence-corrected chi connectivity index (χ0v) is 20.0. The fourth-order valence-electron chi connectivity index (χ4n) is 3.91.